The van der Waals surface area contributed by atoms with Crippen LogP contribution < -0.4 is 5.32 Å². The third kappa shape index (κ3) is 6.11. The molecule has 0 spiro atoms. The van der Waals surface area contributed by atoms with Gasteiger partial charge in [-0.15, -0.1) is 0 Å². The van der Waals surface area contributed by atoms with Gasteiger partial charge in [0.2, 0.25) is 0 Å². The van der Waals surface area contributed by atoms with Crippen molar-refractivity contribution in [2.45, 2.75) is 45.6 Å². The van der Waals surface area contributed by atoms with Gasteiger partial charge in [-0.05, 0) is 33.7 Å². The smallest absolute Gasteiger partial charge is 0.0156 e. The van der Waals surface area contributed by atoms with E-state index in [1.54, 1.807) is 0 Å². The van der Waals surface area contributed by atoms with E-state index in [1.165, 1.54) is 12.8 Å². The predicted octanol–water partition coefficient (Wildman–Crippen LogP) is 2.73. The normalized spacial score (nSPS) is 12.7. The SMILES string of the molecule is CCC/C=C/CC(C)(C)NC. The van der Waals surface area contributed by atoms with E-state index in [4.69, 9.17) is 0 Å². The molecule has 0 saturated heterocycles. The van der Waals surface area contributed by atoms with E-state index < -0.39 is 0 Å². The van der Waals surface area contributed by atoms with Crippen LogP contribution in [0.25, 0.3) is 0 Å². The van der Waals surface area contributed by atoms with Gasteiger partial charge in [0.05, 0.1) is 0 Å². The Labute approximate surface area is 70.9 Å². The highest BCUT2D eigenvalue weighted by Crippen LogP contribution is 2.07. The monoisotopic (exact) mass is 155 g/mol. The van der Waals surface area contributed by atoms with Crippen LogP contribution in [0.2, 0.25) is 0 Å². The van der Waals surface area contributed by atoms with Crippen molar-refractivity contribution < 1.29 is 0 Å². The second-order valence-electron chi connectivity index (χ2n) is 3.60. The zero-order valence-corrected chi connectivity index (χ0v) is 8.28. The van der Waals surface area contributed by atoms with Crippen molar-refractivity contribution in [1.82, 2.24) is 5.32 Å². The Morgan fingerprint density at radius 2 is 1.91 bits per heavy atom. The summed E-state index contributed by atoms with van der Waals surface area (Å²) in [6.07, 6.45) is 8.10. The van der Waals surface area contributed by atoms with E-state index in [2.05, 4.69) is 38.2 Å². The molecule has 0 heterocycles. The van der Waals surface area contributed by atoms with Crippen molar-refractivity contribution in [2.24, 2.45) is 0 Å². The topological polar surface area (TPSA) is 12.0 Å². The van der Waals surface area contributed by atoms with E-state index in [0.717, 1.165) is 6.42 Å². The second-order valence-corrected chi connectivity index (χ2v) is 3.60. The fourth-order valence-corrected chi connectivity index (χ4v) is 0.765. The van der Waals surface area contributed by atoms with Gasteiger partial charge in [-0.1, -0.05) is 25.5 Å². The Bertz CT molecular complexity index is 114. The summed E-state index contributed by atoms with van der Waals surface area (Å²) < 4.78 is 0. The second kappa shape index (κ2) is 5.36. The molecule has 0 aliphatic heterocycles. The minimum absolute atomic E-state index is 0.254. The molecule has 0 aromatic rings. The van der Waals surface area contributed by atoms with Crippen molar-refractivity contribution in [3.8, 4) is 0 Å². The molecule has 0 radical (unpaired) electrons. The maximum absolute atomic E-state index is 3.27. The molecule has 0 aromatic carbocycles. The Balaban J connectivity index is 3.51. The minimum Gasteiger partial charge on any atom is -0.315 e. The van der Waals surface area contributed by atoms with E-state index in [-0.39, 0.29) is 5.54 Å². The molecule has 0 unspecified atom stereocenters. The molecule has 0 bridgehead atoms. The number of nitrogens with one attached hydrogen (secondary N) is 1. The quantitative estimate of drug-likeness (QED) is 0.602. The first-order valence-electron chi connectivity index (χ1n) is 4.46. The maximum Gasteiger partial charge on any atom is 0.0156 e. The lowest BCUT2D eigenvalue weighted by molar-refractivity contribution is 0.429. The lowest BCUT2D eigenvalue weighted by atomic mass is 10.0. The Morgan fingerprint density at radius 1 is 1.27 bits per heavy atom. The molecule has 0 atom stereocenters. The van der Waals surface area contributed by atoms with Gasteiger partial charge >= 0.3 is 0 Å². The summed E-state index contributed by atoms with van der Waals surface area (Å²) in [5.74, 6) is 0. The number of hydrogen-bond acceptors (Lipinski definition) is 1. The summed E-state index contributed by atoms with van der Waals surface area (Å²) in [6, 6.07) is 0. The van der Waals surface area contributed by atoms with E-state index in [1.807, 2.05) is 7.05 Å². The minimum atomic E-state index is 0.254. The highest BCUT2D eigenvalue weighted by atomic mass is 14.9. The lowest BCUT2D eigenvalue weighted by Gasteiger charge is -2.21. The standard InChI is InChI=1S/C10H21N/c1-5-6-7-8-9-10(2,3)11-4/h7-8,11H,5-6,9H2,1-4H3/b8-7+. The molecule has 66 valence electrons. The van der Waals surface area contributed by atoms with Crippen molar-refractivity contribution in [2.75, 3.05) is 7.05 Å². The molecule has 1 N–H and O–H groups in total. The summed E-state index contributed by atoms with van der Waals surface area (Å²) in [6.45, 7) is 6.63. The fourth-order valence-electron chi connectivity index (χ4n) is 0.765. The van der Waals surface area contributed by atoms with Gasteiger partial charge in [0.25, 0.3) is 0 Å². The van der Waals surface area contributed by atoms with Crippen molar-refractivity contribution in [3.05, 3.63) is 12.2 Å². The zero-order valence-electron chi connectivity index (χ0n) is 8.28. The van der Waals surface area contributed by atoms with Crippen molar-refractivity contribution >= 4 is 0 Å². The summed E-state index contributed by atoms with van der Waals surface area (Å²) >= 11 is 0. The van der Waals surface area contributed by atoms with Crippen LogP contribution in [-0.4, -0.2) is 12.6 Å². The number of hydrogen-bond donors (Lipinski definition) is 1. The Morgan fingerprint density at radius 3 is 2.36 bits per heavy atom. The summed E-state index contributed by atoms with van der Waals surface area (Å²) in [4.78, 5) is 0. The molecule has 0 saturated carbocycles. The highest BCUT2D eigenvalue weighted by Gasteiger charge is 2.10. The molecular formula is C10H21N. The zero-order chi connectivity index (χ0) is 8.74. The van der Waals surface area contributed by atoms with Crippen LogP contribution in [-0.2, 0) is 0 Å². The molecule has 11 heavy (non-hydrogen) atoms. The van der Waals surface area contributed by atoms with Crippen LogP contribution >= 0.6 is 0 Å². The first kappa shape index (κ1) is 10.7. The van der Waals surface area contributed by atoms with Gasteiger partial charge in [-0.3, -0.25) is 0 Å². The summed E-state index contributed by atoms with van der Waals surface area (Å²) in [5, 5.41) is 3.27. The molecule has 0 aromatic heterocycles. The van der Waals surface area contributed by atoms with Gasteiger partial charge in [0.15, 0.2) is 0 Å². The fraction of sp³-hybridized carbons (Fsp3) is 0.800. The first-order valence-corrected chi connectivity index (χ1v) is 4.46. The van der Waals surface area contributed by atoms with E-state index in [9.17, 15) is 0 Å². The van der Waals surface area contributed by atoms with Gasteiger partial charge in [0, 0.05) is 5.54 Å². The molecule has 0 rings (SSSR count). The first-order chi connectivity index (χ1) is 5.12. The van der Waals surface area contributed by atoms with E-state index in [0.29, 0.717) is 0 Å². The van der Waals surface area contributed by atoms with Crippen LogP contribution in [0.4, 0.5) is 0 Å². The van der Waals surface area contributed by atoms with Gasteiger partial charge in [-0.25, -0.2) is 0 Å². The largest absolute Gasteiger partial charge is 0.315 e. The number of allylic oxidation sites excluding steroid dienone is 1. The van der Waals surface area contributed by atoms with Crippen LogP contribution in [0, 0.1) is 0 Å². The number of rotatable bonds is 5. The van der Waals surface area contributed by atoms with Gasteiger partial charge in [0.1, 0.15) is 0 Å². The van der Waals surface area contributed by atoms with Crippen molar-refractivity contribution in [1.29, 1.82) is 0 Å². The molecule has 0 fully saturated rings. The molecule has 0 aliphatic carbocycles. The number of unbranched alkanes of at least 4 members (excludes halogenated alkanes) is 1. The molecule has 0 amide bonds. The van der Waals surface area contributed by atoms with Crippen molar-refractivity contribution in [3.63, 3.8) is 0 Å². The van der Waals surface area contributed by atoms with Crippen LogP contribution in [0.5, 0.6) is 0 Å². The van der Waals surface area contributed by atoms with Gasteiger partial charge in [-0.2, -0.15) is 0 Å². The van der Waals surface area contributed by atoms with Crippen LogP contribution in [0.3, 0.4) is 0 Å². The average molecular weight is 155 g/mol. The predicted molar refractivity (Wildman–Crippen MR) is 51.8 cm³/mol. The van der Waals surface area contributed by atoms with Gasteiger partial charge < -0.3 is 5.32 Å². The average Bonchev–Trinajstić information content (AvgIpc) is 1.99. The third-order valence-electron chi connectivity index (χ3n) is 1.93. The van der Waals surface area contributed by atoms with Crippen LogP contribution in [0.1, 0.15) is 40.0 Å². The molecule has 1 nitrogen and oxygen atoms in total. The molecule has 1 heteroatoms. The third-order valence-corrected chi connectivity index (χ3v) is 1.93. The Hall–Kier alpha value is -0.300. The highest BCUT2D eigenvalue weighted by molar-refractivity contribution is 4.90. The lowest BCUT2D eigenvalue weighted by Crippen LogP contribution is -2.35. The maximum atomic E-state index is 3.27. The molecule has 0 aliphatic rings. The van der Waals surface area contributed by atoms with Crippen LogP contribution in [0.15, 0.2) is 12.2 Å². The Kier molecular flexibility index (Phi) is 5.22. The molecular weight excluding hydrogens is 134 g/mol. The summed E-state index contributed by atoms with van der Waals surface area (Å²) in [7, 11) is 2.01. The summed E-state index contributed by atoms with van der Waals surface area (Å²) in [5.41, 5.74) is 0.254. The van der Waals surface area contributed by atoms with E-state index >= 15 is 0 Å².